The Morgan fingerprint density at radius 1 is 1.17 bits per heavy atom. The number of hydrogen-bond acceptors (Lipinski definition) is 8. The number of benzene rings is 1. The van der Waals surface area contributed by atoms with Crippen LogP contribution in [0.3, 0.4) is 0 Å². The lowest BCUT2D eigenvalue weighted by Gasteiger charge is -2.20. The molecule has 4 rings (SSSR count). The van der Waals surface area contributed by atoms with Crippen LogP contribution in [0.1, 0.15) is 60.7 Å². The summed E-state index contributed by atoms with van der Waals surface area (Å²) in [5.41, 5.74) is -2.67. The van der Waals surface area contributed by atoms with Crippen LogP contribution in [0.5, 0.6) is 0 Å². The number of alkyl halides is 3. The maximum atomic E-state index is 14.9. The van der Waals surface area contributed by atoms with E-state index in [2.05, 4.69) is 25.7 Å². The standard InChI is InChI=1S/C28H29F4N7O3/c1-15(35-21-13-34-38-25(41)22(21)28(30,31)32)6-5-8-39(4)9-7-16-10-18(20(29)11-17(16)14-40)23-33-12-19-24(36-23)37-26(42)27(19,2)3/h7,9-15H,5-6,8H2,1-4H3,(H2,35,38,41)(H,33,36,37,42)/b9-7-. The van der Waals surface area contributed by atoms with Gasteiger partial charge in [0.2, 0.25) is 5.91 Å². The van der Waals surface area contributed by atoms with Gasteiger partial charge in [-0.3, -0.25) is 14.4 Å². The average Bonchev–Trinajstić information content (AvgIpc) is 3.13. The van der Waals surface area contributed by atoms with Crippen LogP contribution in [-0.2, 0) is 16.4 Å². The molecule has 1 aromatic carbocycles. The molecule has 0 fully saturated rings. The molecule has 0 spiro atoms. The Bertz CT molecular complexity index is 1600. The Hall–Kier alpha value is -4.62. The highest BCUT2D eigenvalue weighted by Gasteiger charge is 2.40. The lowest BCUT2D eigenvalue weighted by molar-refractivity contribution is -0.138. The Labute approximate surface area is 238 Å². The first-order valence-corrected chi connectivity index (χ1v) is 13.0. The molecule has 1 amide bonds. The van der Waals surface area contributed by atoms with Crippen molar-refractivity contribution in [3.05, 3.63) is 69.2 Å². The molecule has 10 nitrogen and oxygen atoms in total. The van der Waals surface area contributed by atoms with Crippen molar-refractivity contribution in [2.75, 3.05) is 24.2 Å². The molecule has 222 valence electrons. The normalized spacial score (nSPS) is 14.9. The summed E-state index contributed by atoms with van der Waals surface area (Å²) in [7, 11) is 1.77. The minimum absolute atomic E-state index is 0.0514. The number of carbonyl (C=O) groups excluding carboxylic acids is 2. The zero-order valence-electron chi connectivity index (χ0n) is 23.3. The van der Waals surface area contributed by atoms with E-state index in [9.17, 15) is 31.9 Å². The molecule has 1 aliphatic rings. The lowest BCUT2D eigenvalue weighted by atomic mass is 9.88. The SMILES string of the molecule is CC(CCCN(C)/C=C\c1cc(-c2ncc3c(n2)NC(=O)C3(C)C)c(F)cc1C=O)Nc1cn[nH]c(=O)c1C(F)(F)F. The van der Waals surface area contributed by atoms with Crippen LogP contribution in [0.4, 0.5) is 29.1 Å². The molecule has 0 saturated carbocycles. The number of rotatable bonds is 10. The number of H-pyrrole nitrogens is 1. The summed E-state index contributed by atoms with van der Waals surface area (Å²) < 4.78 is 54.7. The molecular formula is C28H29F4N7O3. The van der Waals surface area contributed by atoms with Crippen molar-refractivity contribution in [2.24, 2.45) is 0 Å². The molecular weight excluding hydrogens is 558 g/mol. The number of aromatic nitrogens is 4. The number of nitrogens with one attached hydrogen (secondary N) is 3. The molecule has 42 heavy (non-hydrogen) atoms. The number of anilines is 2. The predicted molar refractivity (Wildman–Crippen MR) is 148 cm³/mol. The molecule has 0 saturated heterocycles. The largest absolute Gasteiger partial charge is 0.423 e. The molecule has 1 atom stereocenters. The Kier molecular flexibility index (Phi) is 8.45. The van der Waals surface area contributed by atoms with Crippen LogP contribution in [-0.4, -0.2) is 56.9 Å². The van der Waals surface area contributed by atoms with Crippen molar-refractivity contribution in [1.29, 1.82) is 0 Å². The number of fused-ring (bicyclic) bond motifs is 1. The summed E-state index contributed by atoms with van der Waals surface area (Å²) in [6, 6.07) is 2.15. The van der Waals surface area contributed by atoms with E-state index in [1.165, 1.54) is 12.3 Å². The molecule has 1 aliphatic heterocycles. The van der Waals surface area contributed by atoms with E-state index in [0.29, 0.717) is 42.6 Å². The van der Waals surface area contributed by atoms with Crippen LogP contribution in [0.25, 0.3) is 17.5 Å². The van der Waals surface area contributed by atoms with Crippen molar-refractivity contribution in [1.82, 2.24) is 25.1 Å². The van der Waals surface area contributed by atoms with Crippen LogP contribution in [0.15, 0.2) is 35.5 Å². The molecule has 2 aromatic heterocycles. The van der Waals surface area contributed by atoms with Crippen molar-refractivity contribution in [3.63, 3.8) is 0 Å². The summed E-state index contributed by atoms with van der Waals surface area (Å²) in [5.74, 6) is -0.581. The summed E-state index contributed by atoms with van der Waals surface area (Å²) in [6.07, 6.45) is 2.49. The van der Waals surface area contributed by atoms with Gasteiger partial charge in [0, 0.05) is 37.0 Å². The molecule has 3 heterocycles. The lowest BCUT2D eigenvalue weighted by Crippen LogP contribution is -2.27. The fraction of sp³-hybridized carbons (Fsp3) is 0.357. The molecule has 0 aliphatic carbocycles. The fourth-order valence-electron chi connectivity index (χ4n) is 4.53. The molecule has 3 aromatic rings. The van der Waals surface area contributed by atoms with Crippen LogP contribution < -0.4 is 16.2 Å². The van der Waals surface area contributed by atoms with Crippen molar-refractivity contribution in [2.45, 2.75) is 51.2 Å². The Morgan fingerprint density at radius 3 is 2.60 bits per heavy atom. The fourth-order valence-corrected chi connectivity index (χ4v) is 4.53. The Balaban J connectivity index is 1.42. The van der Waals surface area contributed by atoms with Crippen LogP contribution in [0.2, 0.25) is 0 Å². The van der Waals surface area contributed by atoms with Crippen molar-refractivity contribution in [3.8, 4) is 11.4 Å². The van der Waals surface area contributed by atoms with Gasteiger partial charge in [-0.2, -0.15) is 18.3 Å². The second-order valence-corrected chi connectivity index (χ2v) is 10.6. The van der Waals surface area contributed by atoms with Gasteiger partial charge in [-0.15, -0.1) is 0 Å². The van der Waals surface area contributed by atoms with Crippen LogP contribution in [0, 0.1) is 5.82 Å². The zero-order chi connectivity index (χ0) is 30.8. The first-order chi connectivity index (χ1) is 19.7. The maximum absolute atomic E-state index is 14.9. The first kappa shape index (κ1) is 30.3. The van der Waals surface area contributed by atoms with Gasteiger partial charge in [0.15, 0.2) is 12.1 Å². The summed E-state index contributed by atoms with van der Waals surface area (Å²) >= 11 is 0. The van der Waals surface area contributed by atoms with Gasteiger partial charge in [0.1, 0.15) is 17.2 Å². The molecule has 0 bridgehead atoms. The second-order valence-electron chi connectivity index (χ2n) is 10.6. The van der Waals surface area contributed by atoms with Gasteiger partial charge in [-0.1, -0.05) is 0 Å². The van der Waals surface area contributed by atoms with Crippen molar-refractivity contribution >= 4 is 29.8 Å². The highest BCUT2D eigenvalue weighted by molar-refractivity contribution is 6.04. The smallest absolute Gasteiger partial charge is 0.381 e. The van der Waals surface area contributed by atoms with E-state index in [-0.39, 0.29) is 28.5 Å². The number of nitrogens with zero attached hydrogens (tertiary/aromatic N) is 4. The third kappa shape index (κ3) is 6.31. The monoisotopic (exact) mass is 587 g/mol. The number of carbonyl (C=O) groups is 2. The zero-order valence-corrected chi connectivity index (χ0v) is 23.3. The summed E-state index contributed by atoms with van der Waals surface area (Å²) in [6.45, 7) is 5.68. The Morgan fingerprint density at radius 2 is 1.90 bits per heavy atom. The quantitative estimate of drug-likeness (QED) is 0.231. The minimum Gasteiger partial charge on any atom is -0.381 e. The summed E-state index contributed by atoms with van der Waals surface area (Å²) in [4.78, 5) is 45.9. The molecule has 1 unspecified atom stereocenters. The van der Waals surface area contributed by atoms with E-state index in [1.807, 2.05) is 4.90 Å². The minimum atomic E-state index is -4.83. The van der Waals surface area contributed by atoms with E-state index in [1.54, 1.807) is 45.2 Å². The number of hydrogen-bond donors (Lipinski definition) is 3. The first-order valence-electron chi connectivity index (χ1n) is 13.0. The second kappa shape index (κ2) is 11.7. The molecule has 14 heteroatoms. The third-order valence-electron chi connectivity index (χ3n) is 7.00. The van der Waals surface area contributed by atoms with E-state index >= 15 is 0 Å². The highest BCUT2D eigenvalue weighted by atomic mass is 19.4. The van der Waals surface area contributed by atoms with Gasteiger partial charge in [0.05, 0.1) is 22.9 Å². The van der Waals surface area contributed by atoms with Gasteiger partial charge < -0.3 is 15.5 Å². The van der Waals surface area contributed by atoms with Gasteiger partial charge >= 0.3 is 6.18 Å². The van der Waals surface area contributed by atoms with Crippen LogP contribution >= 0.6 is 0 Å². The third-order valence-corrected chi connectivity index (χ3v) is 7.00. The predicted octanol–water partition coefficient (Wildman–Crippen LogP) is 4.61. The molecule has 0 radical (unpaired) electrons. The highest BCUT2D eigenvalue weighted by Crippen LogP contribution is 2.37. The average molecular weight is 588 g/mol. The summed E-state index contributed by atoms with van der Waals surface area (Å²) in [5, 5.41) is 10.6. The van der Waals surface area contributed by atoms with E-state index in [4.69, 9.17) is 0 Å². The van der Waals surface area contributed by atoms with Gasteiger partial charge in [-0.25, -0.2) is 19.5 Å². The van der Waals surface area contributed by atoms with Gasteiger partial charge in [0.25, 0.3) is 5.56 Å². The topological polar surface area (TPSA) is 133 Å². The van der Waals surface area contributed by atoms with E-state index in [0.717, 1.165) is 12.3 Å². The van der Waals surface area contributed by atoms with E-state index < -0.39 is 34.6 Å². The van der Waals surface area contributed by atoms with Crippen molar-refractivity contribution < 1.29 is 27.2 Å². The number of halogens is 4. The number of aldehydes is 1. The number of amides is 1. The molecule has 3 N–H and O–H groups in total. The maximum Gasteiger partial charge on any atom is 0.423 e. The number of aromatic amines is 1. The van der Waals surface area contributed by atoms with Gasteiger partial charge in [-0.05, 0) is 63.6 Å².